The Hall–Kier alpha value is -0.410. The molecule has 1 saturated heterocycles. The smallest absolute Gasteiger partial charge is 0.128 e. The molecule has 0 aliphatic carbocycles. The minimum atomic E-state index is -0.0962. The maximum absolute atomic E-state index is 13.8. The molecule has 0 unspecified atom stereocenters. The van der Waals surface area contributed by atoms with Crippen molar-refractivity contribution in [2.45, 2.75) is 33.2 Å². The Kier molecular flexibility index (Phi) is 4.21. The van der Waals surface area contributed by atoms with Crippen LogP contribution in [-0.4, -0.2) is 18.0 Å². The molecule has 0 saturated carbocycles. The highest BCUT2D eigenvalue weighted by Gasteiger charge is 2.17. The van der Waals surface area contributed by atoms with Gasteiger partial charge in [0.1, 0.15) is 5.82 Å². The van der Waals surface area contributed by atoms with Gasteiger partial charge in [-0.05, 0) is 50.4 Å². The number of hydrogen-bond acceptors (Lipinski definition) is 1. The van der Waals surface area contributed by atoms with Crippen molar-refractivity contribution in [3.05, 3.63) is 33.5 Å². The lowest BCUT2D eigenvalue weighted by atomic mass is 9.98. The van der Waals surface area contributed by atoms with Crippen molar-refractivity contribution in [3.63, 3.8) is 0 Å². The molecule has 1 aliphatic rings. The lowest BCUT2D eigenvalue weighted by Gasteiger charge is -2.30. The van der Waals surface area contributed by atoms with Crippen LogP contribution in [0.15, 0.2) is 16.6 Å². The third kappa shape index (κ3) is 3.29. The van der Waals surface area contributed by atoms with Crippen molar-refractivity contribution >= 4 is 15.9 Å². The van der Waals surface area contributed by atoms with E-state index in [1.807, 2.05) is 13.0 Å². The van der Waals surface area contributed by atoms with Crippen molar-refractivity contribution in [2.75, 3.05) is 13.1 Å². The van der Waals surface area contributed by atoms with Gasteiger partial charge >= 0.3 is 0 Å². The molecule has 94 valence electrons. The average Bonchev–Trinajstić information content (AvgIpc) is 2.29. The zero-order valence-corrected chi connectivity index (χ0v) is 12.1. The van der Waals surface area contributed by atoms with Crippen molar-refractivity contribution in [1.82, 2.24) is 4.90 Å². The summed E-state index contributed by atoms with van der Waals surface area (Å²) in [7, 11) is 0. The number of rotatable bonds is 2. The maximum atomic E-state index is 13.8. The predicted molar refractivity (Wildman–Crippen MR) is 72.5 cm³/mol. The second kappa shape index (κ2) is 5.49. The molecular weight excluding hydrogens is 281 g/mol. The second-order valence-electron chi connectivity index (χ2n) is 5.15. The van der Waals surface area contributed by atoms with Crippen LogP contribution in [0.4, 0.5) is 4.39 Å². The summed E-state index contributed by atoms with van der Waals surface area (Å²) >= 11 is 3.36. The Balaban J connectivity index is 2.06. The summed E-state index contributed by atoms with van der Waals surface area (Å²) in [5.74, 6) is 0.726. The molecule has 3 heteroatoms. The molecule has 1 aromatic rings. The Morgan fingerprint density at radius 3 is 2.65 bits per heavy atom. The fourth-order valence-corrected chi connectivity index (χ4v) is 2.61. The lowest BCUT2D eigenvalue weighted by Crippen LogP contribution is -2.32. The summed E-state index contributed by atoms with van der Waals surface area (Å²) in [5.41, 5.74) is 1.92. The van der Waals surface area contributed by atoms with E-state index in [0.717, 1.165) is 41.2 Å². The molecule has 0 aromatic heterocycles. The van der Waals surface area contributed by atoms with E-state index in [0.29, 0.717) is 0 Å². The van der Waals surface area contributed by atoms with Gasteiger partial charge in [-0.2, -0.15) is 0 Å². The molecule has 2 rings (SSSR count). The highest BCUT2D eigenvalue weighted by molar-refractivity contribution is 9.10. The first-order valence-corrected chi connectivity index (χ1v) is 7.02. The van der Waals surface area contributed by atoms with Crippen LogP contribution in [0.3, 0.4) is 0 Å². The summed E-state index contributed by atoms with van der Waals surface area (Å²) in [6.07, 6.45) is 2.47. The molecule has 0 N–H and O–H groups in total. The highest BCUT2D eigenvalue weighted by Crippen LogP contribution is 2.23. The maximum Gasteiger partial charge on any atom is 0.128 e. The average molecular weight is 300 g/mol. The Morgan fingerprint density at radius 1 is 1.35 bits per heavy atom. The van der Waals surface area contributed by atoms with Crippen LogP contribution in [0.5, 0.6) is 0 Å². The van der Waals surface area contributed by atoms with Gasteiger partial charge in [-0.1, -0.05) is 28.9 Å². The van der Waals surface area contributed by atoms with Crippen molar-refractivity contribution in [2.24, 2.45) is 5.92 Å². The van der Waals surface area contributed by atoms with E-state index in [-0.39, 0.29) is 5.82 Å². The summed E-state index contributed by atoms with van der Waals surface area (Å²) in [6.45, 7) is 7.23. The van der Waals surface area contributed by atoms with Gasteiger partial charge in [0.25, 0.3) is 0 Å². The van der Waals surface area contributed by atoms with Crippen molar-refractivity contribution < 1.29 is 4.39 Å². The van der Waals surface area contributed by atoms with E-state index in [9.17, 15) is 4.39 Å². The second-order valence-corrected chi connectivity index (χ2v) is 6.01. The lowest BCUT2D eigenvalue weighted by molar-refractivity contribution is 0.183. The summed E-state index contributed by atoms with van der Waals surface area (Å²) in [4.78, 5) is 2.35. The fourth-order valence-electron chi connectivity index (χ4n) is 2.30. The van der Waals surface area contributed by atoms with Gasteiger partial charge in [-0.15, -0.1) is 0 Å². The van der Waals surface area contributed by atoms with Crippen LogP contribution in [0.1, 0.15) is 30.9 Å². The van der Waals surface area contributed by atoms with Crippen LogP contribution in [0, 0.1) is 18.7 Å². The van der Waals surface area contributed by atoms with E-state index in [1.54, 1.807) is 6.07 Å². The van der Waals surface area contributed by atoms with Crippen molar-refractivity contribution in [3.8, 4) is 0 Å². The predicted octanol–water partition coefficient (Wildman–Crippen LogP) is 4.13. The number of aryl methyl sites for hydroxylation is 1. The molecule has 0 amide bonds. The molecule has 17 heavy (non-hydrogen) atoms. The number of benzene rings is 1. The molecule has 0 bridgehead atoms. The van der Waals surface area contributed by atoms with Crippen LogP contribution in [-0.2, 0) is 6.54 Å². The first-order chi connectivity index (χ1) is 8.06. The fraction of sp³-hybridized carbons (Fsp3) is 0.571. The molecular formula is C14H19BrFN. The number of nitrogens with zero attached hydrogens (tertiary/aromatic N) is 1. The van der Waals surface area contributed by atoms with Gasteiger partial charge < -0.3 is 0 Å². The van der Waals surface area contributed by atoms with E-state index < -0.39 is 0 Å². The minimum absolute atomic E-state index is 0.0962. The number of piperidine rings is 1. The first kappa shape index (κ1) is 13.0. The molecule has 1 fully saturated rings. The summed E-state index contributed by atoms with van der Waals surface area (Å²) < 4.78 is 14.7. The quantitative estimate of drug-likeness (QED) is 0.794. The van der Waals surface area contributed by atoms with Gasteiger partial charge in [-0.25, -0.2) is 4.39 Å². The zero-order valence-electron chi connectivity index (χ0n) is 10.5. The summed E-state index contributed by atoms with van der Waals surface area (Å²) in [6, 6.07) is 3.54. The summed E-state index contributed by atoms with van der Waals surface area (Å²) in [5, 5.41) is 0. The van der Waals surface area contributed by atoms with Crippen LogP contribution < -0.4 is 0 Å². The van der Waals surface area contributed by atoms with Gasteiger partial charge in [0.2, 0.25) is 0 Å². The van der Waals surface area contributed by atoms with E-state index in [4.69, 9.17) is 0 Å². The van der Waals surface area contributed by atoms with Gasteiger partial charge in [0.05, 0.1) is 0 Å². The van der Waals surface area contributed by atoms with Crippen LogP contribution >= 0.6 is 15.9 Å². The van der Waals surface area contributed by atoms with E-state index in [1.165, 1.54) is 12.8 Å². The SMILES string of the molecule is Cc1cc(CN2CCC(C)CC2)c(F)cc1Br. The van der Waals surface area contributed by atoms with Gasteiger partial charge in [0, 0.05) is 16.6 Å². The van der Waals surface area contributed by atoms with E-state index in [2.05, 4.69) is 27.8 Å². The Morgan fingerprint density at radius 2 is 2.00 bits per heavy atom. The third-order valence-electron chi connectivity index (χ3n) is 3.60. The monoisotopic (exact) mass is 299 g/mol. The minimum Gasteiger partial charge on any atom is -0.299 e. The number of likely N-dealkylation sites (tertiary alicyclic amines) is 1. The molecule has 1 aliphatic heterocycles. The topological polar surface area (TPSA) is 3.24 Å². The normalized spacial score (nSPS) is 18.6. The largest absolute Gasteiger partial charge is 0.299 e. The molecule has 0 radical (unpaired) electrons. The Labute approximate surface area is 111 Å². The highest BCUT2D eigenvalue weighted by atomic mass is 79.9. The molecule has 1 aromatic carbocycles. The number of halogens is 2. The molecule has 1 nitrogen and oxygen atoms in total. The van der Waals surface area contributed by atoms with Crippen LogP contribution in [0.25, 0.3) is 0 Å². The third-order valence-corrected chi connectivity index (χ3v) is 4.45. The molecule has 0 atom stereocenters. The van der Waals surface area contributed by atoms with Gasteiger partial charge in [0.15, 0.2) is 0 Å². The Bertz CT molecular complexity index is 397. The first-order valence-electron chi connectivity index (χ1n) is 6.23. The zero-order chi connectivity index (χ0) is 12.4. The molecule has 1 heterocycles. The standard InChI is InChI=1S/C14H19BrFN/c1-10-3-5-17(6-4-10)9-12-7-11(2)13(15)8-14(12)16/h7-8,10H,3-6,9H2,1-2H3. The van der Waals surface area contributed by atoms with Gasteiger partial charge in [-0.3, -0.25) is 4.90 Å². The van der Waals surface area contributed by atoms with Crippen molar-refractivity contribution in [1.29, 1.82) is 0 Å². The molecule has 0 spiro atoms. The number of hydrogen-bond donors (Lipinski definition) is 0. The van der Waals surface area contributed by atoms with E-state index >= 15 is 0 Å². The van der Waals surface area contributed by atoms with Crippen LogP contribution in [0.2, 0.25) is 0 Å².